The SMILES string of the molecule is O=c1[nH]c(N2CC(O)(c3ccccc3)C2)ncc1Cl. The van der Waals surface area contributed by atoms with Gasteiger partial charge in [0.2, 0.25) is 5.95 Å². The van der Waals surface area contributed by atoms with E-state index in [0.717, 1.165) is 5.56 Å². The molecule has 1 saturated heterocycles. The van der Waals surface area contributed by atoms with Crippen LogP contribution in [-0.4, -0.2) is 28.2 Å². The van der Waals surface area contributed by atoms with E-state index in [4.69, 9.17) is 11.6 Å². The molecule has 0 amide bonds. The Hall–Kier alpha value is -1.85. The third kappa shape index (κ3) is 2.11. The highest BCUT2D eigenvalue weighted by Gasteiger charge is 2.43. The van der Waals surface area contributed by atoms with Crippen molar-refractivity contribution in [2.45, 2.75) is 5.60 Å². The van der Waals surface area contributed by atoms with Crippen LogP contribution in [0.3, 0.4) is 0 Å². The number of aromatic nitrogens is 2. The monoisotopic (exact) mass is 277 g/mol. The summed E-state index contributed by atoms with van der Waals surface area (Å²) in [5.74, 6) is 0.426. The summed E-state index contributed by atoms with van der Waals surface area (Å²) >= 11 is 5.62. The van der Waals surface area contributed by atoms with Gasteiger partial charge >= 0.3 is 0 Å². The van der Waals surface area contributed by atoms with Crippen LogP contribution in [0.5, 0.6) is 0 Å². The zero-order chi connectivity index (χ0) is 13.5. The fraction of sp³-hybridized carbons (Fsp3) is 0.231. The molecule has 1 fully saturated rings. The molecular weight excluding hydrogens is 266 g/mol. The molecule has 0 spiro atoms. The Morgan fingerprint density at radius 2 is 2.00 bits per heavy atom. The van der Waals surface area contributed by atoms with Crippen molar-refractivity contribution in [3.05, 3.63) is 57.5 Å². The number of halogens is 1. The molecule has 1 aromatic heterocycles. The van der Waals surface area contributed by atoms with E-state index in [2.05, 4.69) is 9.97 Å². The van der Waals surface area contributed by atoms with Crippen LogP contribution >= 0.6 is 11.6 Å². The second-order valence-electron chi connectivity index (χ2n) is 4.64. The fourth-order valence-electron chi connectivity index (χ4n) is 2.20. The Labute approximate surface area is 114 Å². The summed E-state index contributed by atoms with van der Waals surface area (Å²) in [4.78, 5) is 19.8. The molecule has 1 aliphatic rings. The Bertz CT molecular complexity index is 650. The summed E-state index contributed by atoms with van der Waals surface area (Å²) in [6.45, 7) is 0.781. The molecule has 6 heteroatoms. The Morgan fingerprint density at radius 1 is 1.32 bits per heavy atom. The zero-order valence-corrected chi connectivity index (χ0v) is 10.8. The minimum Gasteiger partial charge on any atom is -0.381 e. The zero-order valence-electron chi connectivity index (χ0n) is 10.0. The molecule has 3 rings (SSSR count). The predicted octanol–water partition coefficient (Wildman–Crippen LogP) is 1.13. The average Bonchev–Trinajstić information content (AvgIpc) is 2.39. The van der Waals surface area contributed by atoms with E-state index in [0.29, 0.717) is 19.0 Å². The lowest BCUT2D eigenvalue weighted by molar-refractivity contribution is 0.00651. The number of aliphatic hydroxyl groups is 1. The maximum Gasteiger partial charge on any atom is 0.271 e. The van der Waals surface area contributed by atoms with Crippen LogP contribution in [0, 0.1) is 0 Å². The maximum atomic E-state index is 11.4. The van der Waals surface area contributed by atoms with Gasteiger partial charge in [0.25, 0.3) is 5.56 Å². The molecule has 5 nitrogen and oxygen atoms in total. The van der Waals surface area contributed by atoms with Gasteiger partial charge in [-0.25, -0.2) is 4.98 Å². The number of aromatic amines is 1. The number of hydrogen-bond acceptors (Lipinski definition) is 4. The first-order valence-corrected chi connectivity index (χ1v) is 6.24. The lowest BCUT2D eigenvalue weighted by Gasteiger charge is -2.46. The molecule has 2 N–H and O–H groups in total. The lowest BCUT2D eigenvalue weighted by atomic mass is 9.86. The standard InChI is InChI=1S/C13H12ClN3O2/c14-10-6-15-12(16-11(10)18)17-7-13(19,8-17)9-4-2-1-3-5-9/h1-6,19H,7-8H2,(H,15,16,18). The van der Waals surface area contributed by atoms with Crippen molar-refractivity contribution < 1.29 is 5.11 Å². The molecule has 0 atom stereocenters. The summed E-state index contributed by atoms with van der Waals surface area (Å²) in [6.07, 6.45) is 1.32. The van der Waals surface area contributed by atoms with Crippen LogP contribution in [0.1, 0.15) is 5.56 Å². The van der Waals surface area contributed by atoms with Crippen molar-refractivity contribution in [3.8, 4) is 0 Å². The quantitative estimate of drug-likeness (QED) is 0.863. The largest absolute Gasteiger partial charge is 0.381 e. The predicted molar refractivity (Wildman–Crippen MR) is 72.4 cm³/mol. The summed E-state index contributed by atoms with van der Waals surface area (Å²) < 4.78 is 0. The molecule has 0 unspecified atom stereocenters. The van der Waals surface area contributed by atoms with E-state index in [-0.39, 0.29) is 10.6 Å². The molecular formula is C13H12ClN3O2. The number of rotatable bonds is 2. The first-order chi connectivity index (χ1) is 9.08. The third-order valence-corrected chi connectivity index (χ3v) is 3.53. The van der Waals surface area contributed by atoms with Crippen molar-refractivity contribution in [1.82, 2.24) is 9.97 Å². The Morgan fingerprint density at radius 3 is 2.63 bits per heavy atom. The van der Waals surface area contributed by atoms with Crippen molar-refractivity contribution in [2.24, 2.45) is 0 Å². The molecule has 0 radical (unpaired) electrons. The van der Waals surface area contributed by atoms with Gasteiger partial charge in [0.15, 0.2) is 0 Å². The van der Waals surface area contributed by atoms with Gasteiger partial charge < -0.3 is 10.0 Å². The highest BCUT2D eigenvalue weighted by atomic mass is 35.5. The van der Waals surface area contributed by atoms with E-state index >= 15 is 0 Å². The van der Waals surface area contributed by atoms with Crippen molar-refractivity contribution in [1.29, 1.82) is 0 Å². The molecule has 1 aliphatic heterocycles. The van der Waals surface area contributed by atoms with E-state index in [1.165, 1.54) is 6.20 Å². The van der Waals surface area contributed by atoms with Crippen LogP contribution in [0.2, 0.25) is 5.02 Å². The van der Waals surface area contributed by atoms with Gasteiger partial charge in [-0.05, 0) is 5.56 Å². The molecule has 0 aliphatic carbocycles. The first kappa shape index (κ1) is 12.2. The second kappa shape index (κ2) is 4.36. The van der Waals surface area contributed by atoms with E-state index in [1.54, 1.807) is 4.90 Å². The molecule has 1 aromatic carbocycles. The van der Waals surface area contributed by atoms with Gasteiger partial charge in [-0.15, -0.1) is 0 Å². The van der Waals surface area contributed by atoms with Gasteiger partial charge in [-0.3, -0.25) is 9.78 Å². The van der Waals surface area contributed by atoms with E-state index < -0.39 is 5.60 Å². The van der Waals surface area contributed by atoms with Gasteiger partial charge in [0.05, 0.1) is 19.3 Å². The number of benzene rings is 1. The van der Waals surface area contributed by atoms with E-state index in [9.17, 15) is 9.90 Å². The number of β-amino-alcohol motifs (C(OH)–C–C–N with tert-alkyl or cyclic N) is 1. The number of nitrogens with zero attached hydrogens (tertiary/aromatic N) is 2. The summed E-state index contributed by atoms with van der Waals surface area (Å²) in [6, 6.07) is 9.45. The van der Waals surface area contributed by atoms with Gasteiger partial charge in [0.1, 0.15) is 10.6 Å². The third-order valence-electron chi connectivity index (χ3n) is 3.26. The van der Waals surface area contributed by atoms with Crippen LogP contribution in [-0.2, 0) is 5.60 Å². The van der Waals surface area contributed by atoms with Crippen LogP contribution in [0.25, 0.3) is 0 Å². The molecule has 0 bridgehead atoms. The number of anilines is 1. The average molecular weight is 278 g/mol. The van der Waals surface area contributed by atoms with Crippen LogP contribution in [0.15, 0.2) is 41.3 Å². The topological polar surface area (TPSA) is 69.2 Å². The van der Waals surface area contributed by atoms with Crippen LogP contribution in [0.4, 0.5) is 5.95 Å². The Kier molecular flexibility index (Phi) is 2.80. The van der Waals surface area contributed by atoms with E-state index in [1.807, 2.05) is 30.3 Å². The van der Waals surface area contributed by atoms with Gasteiger partial charge in [-0.1, -0.05) is 41.9 Å². The minimum atomic E-state index is -0.889. The molecule has 19 heavy (non-hydrogen) atoms. The molecule has 2 heterocycles. The number of H-pyrrole nitrogens is 1. The molecule has 98 valence electrons. The smallest absolute Gasteiger partial charge is 0.271 e. The normalized spacial score (nSPS) is 17.1. The Balaban J connectivity index is 1.79. The fourth-order valence-corrected chi connectivity index (χ4v) is 2.29. The highest BCUT2D eigenvalue weighted by Crippen LogP contribution is 2.33. The summed E-state index contributed by atoms with van der Waals surface area (Å²) in [7, 11) is 0. The lowest BCUT2D eigenvalue weighted by Crippen LogP contribution is -2.60. The van der Waals surface area contributed by atoms with Gasteiger partial charge in [-0.2, -0.15) is 0 Å². The van der Waals surface area contributed by atoms with Crippen molar-refractivity contribution in [3.63, 3.8) is 0 Å². The summed E-state index contributed by atoms with van der Waals surface area (Å²) in [5, 5.41) is 10.5. The number of nitrogens with one attached hydrogen (secondary N) is 1. The minimum absolute atomic E-state index is 0.0580. The summed E-state index contributed by atoms with van der Waals surface area (Å²) in [5.41, 5.74) is -0.399. The first-order valence-electron chi connectivity index (χ1n) is 5.86. The maximum absolute atomic E-state index is 11.4. The van der Waals surface area contributed by atoms with Crippen molar-refractivity contribution in [2.75, 3.05) is 18.0 Å². The van der Waals surface area contributed by atoms with Crippen molar-refractivity contribution >= 4 is 17.5 Å². The number of hydrogen-bond donors (Lipinski definition) is 2. The van der Waals surface area contributed by atoms with Crippen LogP contribution < -0.4 is 10.5 Å². The second-order valence-corrected chi connectivity index (χ2v) is 5.04. The molecule has 2 aromatic rings. The highest BCUT2D eigenvalue weighted by molar-refractivity contribution is 6.30. The van der Waals surface area contributed by atoms with Gasteiger partial charge in [0, 0.05) is 0 Å². The molecule has 0 saturated carbocycles.